The molecule has 0 radical (unpaired) electrons. The van der Waals surface area contributed by atoms with Gasteiger partial charge in [-0.1, -0.05) is 0 Å². The quantitative estimate of drug-likeness (QED) is 0.804. The van der Waals surface area contributed by atoms with Crippen LogP contribution in [0, 0.1) is 0 Å². The third-order valence-electron chi connectivity index (χ3n) is 1.57. The Labute approximate surface area is 104 Å². The van der Waals surface area contributed by atoms with E-state index in [1.54, 1.807) is 18.3 Å². The number of carboxylic acids is 1. The van der Waals surface area contributed by atoms with Gasteiger partial charge in [0.1, 0.15) is 4.88 Å². The van der Waals surface area contributed by atoms with E-state index in [-0.39, 0.29) is 18.9 Å². The Kier molecular flexibility index (Phi) is 3.73. The SMILES string of the molecule is O=C(O)c1cc2nccc(Br)c2s1.[LiH]. The van der Waals surface area contributed by atoms with Crippen LogP contribution in [0.4, 0.5) is 0 Å². The number of hydrogen-bond acceptors (Lipinski definition) is 3. The molecule has 0 aliphatic heterocycles. The zero-order chi connectivity index (χ0) is 9.42. The maximum absolute atomic E-state index is 10.6. The summed E-state index contributed by atoms with van der Waals surface area (Å²) in [4.78, 5) is 15.0. The molecule has 2 rings (SSSR count). The van der Waals surface area contributed by atoms with Crippen LogP contribution < -0.4 is 0 Å². The molecule has 0 saturated heterocycles. The van der Waals surface area contributed by atoms with Crippen molar-refractivity contribution in [1.29, 1.82) is 0 Å². The summed E-state index contributed by atoms with van der Waals surface area (Å²) in [7, 11) is 0. The fraction of sp³-hybridized carbons (Fsp3) is 0. The molecule has 6 heteroatoms. The summed E-state index contributed by atoms with van der Waals surface area (Å²) in [6, 6.07) is 3.37. The van der Waals surface area contributed by atoms with Gasteiger partial charge < -0.3 is 5.11 Å². The van der Waals surface area contributed by atoms with Gasteiger partial charge in [-0.15, -0.1) is 11.3 Å². The van der Waals surface area contributed by atoms with Crippen molar-refractivity contribution in [2.24, 2.45) is 0 Å². The topological polar surface area (TPSA) is 50.2 Å². The van der Waals surface area contributed by atoms with Gasteiger partial charge in [-0.2, -0.15) is 0 Å². The standard InChI is InChI=1S/C8H4BrNO2S.Li.H/c9-4-1-2-10-5-3-6(8(11)12)13-7(4)5;;/h1-3H,(H,11,12);;. The summed E-state index contributed by atoms with van der Waals surface area (Å²) in [5.41, 5.74) is 0.719. The van der Waals surface area contributed by atoms with Crippen LogP contribution in [0.1, 0.15) is 9.67 Å². The summed E-state index contributed by atoms with van der Waals surface area (Å²) in [5.74, 6) is -0.907. The number of hydrogen-bond donors (Lipinski definition) is 1. The number of carbonyl (C=O) groups is 1. The Bertz CT molecular complexity index is 485. The summed E-state index contributed by atoms with van der Waals surface area (Å²) in [6.07, 6.45) is 1.64. The third kappa shape index (κ3) is 2.01. The van der Waals surface area contributed by atoms with Gasteiger partial charge >= 0.3 is 24.8 Å². The molecule has 0 aliphatic rings. The van der Waals surface area contributed by atoms with Gasteiger partial charge in [0, 0.05) is 10.7 Å². The maximum atomic E-state index is 10.6. The fourth-order valence-corrected chi connectivity index (χ4v) is 2.44. The van der Waals surface area contributed by atoms with Crippen molar-refractivity contribution in [1.82, 2.24) is 4.98 Å². The van der Waals surface area contributed by atoms with Crippen molar-refractivity contribution in [3.8, 4) is 0 Å². The van der Waals surface area contributed by atoms with Gasteiger partial charge in [0.2, 0.25) is 0 Å². The minimum absolute atomic E-state index is 0. The number of halogens is 1. The van der Waals surface area contributed by atoms with E-state index in [9.17, 15) is 4.79 Å². The zero-order valence-electron chi connectivity index (χ0n) is 6.32. The molecule has 0 amide bonds. The summed E-state index contributed by atoms with van der Waals surface area (Å²) in [6.45, 7) is 0. The van der Waals surface area contributed by atoms with E-state index >= 15 is 0 Å². The van der Waals surface area contributed by atoms with Crippen LogP contribution in [-0.2, 0) is 0 Å². The molecule has 0 unspecified atom stereocenters. The molecule has 0 bridgehead atoms. The number of rotatable bonds is 1. The van der Waals surface area contributed by atoms with Crippen LogP contribution in [-0.4, -0.2) is 34.9 Å². The van der Waals surface area contributed by atoms with E-state index in [1.165, 1.54) is 11.3 Å². The predicted molar refractivity (Wildman–Crippen MR) is 61.4 cm³/mol. The average molecular weight is 266 g/mol. The van der Waals surface area contributed by atoms with E-state index in [2.05, 4.69) is 20.9 Å². The number of thiophene rings is 1. The molecule has 2 heterocycles. The average Bonchev–Trinajstić information content (AvgIpc) is 2.49. The fourth-order valence-electron chi connectivity index (χ4n) is 1.01. The Morgan fingerprint density at radius 1 is 1.57 bits per heavy atom. The van der Waals surface area contributed by atoms with Crippen LogP contribution in [0.15, 0.2) is 22.8 Å². The van der Waals surface area contributed by atoms with Crippen molar-refractivity contribution < 1.29 is 9.90 Å². The first-order valence-electron chi connectivity index (χ1n) is 3.46. The predicted octanol–water partition coefficient (Wildman–Crippen LogP) is 2.11. The van der Waals surface area contributed by atoms with E-state index < -0.39 is 5.97 Å². The molecule has 0 aromatic carbocycles. The molecule has 0 spiro atoms. The Morgan fingerprint density at radius 3 is 2.86 bits per heavy atom. The number of pyridine rings is 1. The Hall–Kier alpha value is -0.343. The summed E-state index contributed by atoms with van der Waals surface area (Å²) < 4.78 is 1.76. The Balaban J connectivity index is 0.000000980. The number of aromatic nitrogens is 1. The number of nitrogens with zero attached hydrogens (tertiary/aromatic N) is 1. The number of aromatic carboxylic acids is 1. The second kappa shape index (κ2) is 4.45. The molecule has 0 atom stereocenters. The minimum atomic E-state index is -0.907. The van der Waals surface area contributed by atoms with E-state index in [1.807, 2.05) is 0 Å². The molecular weight excluding hydrogens is 261 g/mol. The second-order valence-corrected chi connectivity index (χ2v) is 4.33. The molecular formula is C8H5BrLiNO2S. The van der Waals surface area contributed by atoms with Crippen LogP contribution in [0.25, 0.3) is 10.2 Å². The molecule has 2 aromatic heterocycles. The van der Waals surface area contributed by atoms with Crippen LogP contribution in [0.2, 0.25) is 0 Å². The number of carboxylic acid groups (broad SMARTS) is 1. The molecule has 14 heavy (non-hydrogen) atoms. The van der Waals surface area contributed by atoms with Crippen LogP contribution in [0.3, 0.4) is 0 Å². The van der Waals surface area contributed by atoms with Crippen molar-refractivity contribution in [3.63, 3.8) is 0 Å². The monoisotopic (exact) mass is 265 g/mol. The molecule has 68 valence electrons. The first-order valence-corrected chi connectivity index (χ1v) is 5.07. The summed E-state index contributed by atoms with van der Waals surface area (Å²) >= 11 is 4.56. The third-order valence-corrected chi connectivity index (χ3v) is 3.64. The van der Waals surface area contributed by atoms with Gasteiger partial charge in [0.15, 0.2) is 0 Å². The first kappa shape index (κ1) is 11.7. The molecule has 0 saturated carbocycles. The summed E-state index contributed by atoms with van der Waals surface area (Å²) in [5, 5.41) is 8.74. The Morgan fingerprint density at radius 2 is 2.29 bits per heavy atom. The van der Waals surface area contributed by atoms with Gasteiger partial charge in [-0.25, -0.2) is 4.79 Å². The first-order chi connectivity index (χ1) is 6.18. The molecule has 3 nitrogen and oxygen atoms in total. The van der Waals surface area contributed by atoms with Crippen molar-refractivity contribution in [3.05, 3.63) is 27.7 Å². The zero-order valence-corrected chi connectivity index (χ0v) is 8.72. The van der Waals surface area contributed by atoms with Gasteiger partial charge in [0.25, 0.3) is 0 Å². The van der Waals surface area contributed by atoms with Crippen molar-refractivity contribution in [2.45, 2.75) is 0 Å². The number of fused-ring (bicyclic) bond motifs is 1. The molecule has 1 N–H and O–H groups in total. The van der Waals surface area contributed by atoms with Crippen LogP contribution in [0.5, 0.6) is 0 Å². The van der Waals surface area contributed by atoms with Crippen LogP contribution >= 0.6 is 27.3 Å². The molecule has 2 aromatic rings. The van der Waals surface area contributed by atoms with Crippen molar-refractivity contribution >= 4 is 62.3 Å². The normalized spacial score (nSPS) is 9.79. The molecule has 0 fully saturated rings. The second-order valence-electron chi connectivity index (χ2n) is 2.42. The van der Waals surface area contributed by atoms with E-state index in [0.717, 1.165) is 14.7 Å². The van der Waals surface area contributed by atoms with Crippen molar-refractivity contribution in [2.75, 3.05) is 0 Å². The van der Waals surface area contributed by atoms with E-state index in [4.69, 9.17) is 5.11 Å². The van der Waals surface area contributed by atoms with Gasteiger partial charge in [0.05, 0.1) is 10.2 Å². The van der Waals surface area contributed by atoms with Gasteiger partial charge in [-0.05, 0) is 28.1 Å². The van der Waals surface area contributed by atoms with Gasteiger partial charge in [-0.3, -0.25) is 4.98 Å². The molecule has 0 aliphatic carbocycles. The van der Waals surface area contributed by atoms with E-state index in [0.29, 0.717) is 4.88 Å².